The average Bonchev–Trinajstić information content (AvgIpc) is 2.22. The van der Waals surface area contributed by atoms with Crippen molar-refractivity contribution < 1.29 is 9.90 Å². The summed E-state index contributed by atoms with van der Waals surface area (Å²) in [5, 5.41) is 12.2. The summed E-state index contributed by atoms with van der Waals surface area (Å²) in [5.74, 6) is 0.186. The van der Waals surface area contributed by atoms with Crippen molar-refractivity contribution in [3.05, 3.63) is 23.8 Å². The van der Waals surface area contributed by atoms with Gasteiger partial charge in [-0.3, -0.25) is 4.79 Å². The third-order valence-corrected chi connectivity index (χ3v) is 2.54. The van der Waals surface area contributed by atoms with Crippen LogP contribution in [0.15, 0.2) is 18.2 Å². The molecular weight excluding hydrogens is 190 g/mol. The van der Waals surface area contributed by atoms with E-state index in [-0.39, 0.29) is 17.6 Å². The zero-order valence-corrected chi connectivity index (χ0v) is 9.37. The molecule has 0 aromatic heterocycles. The van der Waals surface area contributed by atoms with Gasteiger partial charge in [0.05, 0.1) is 0 Å². The van der Waals surface area contributed by atoms with Gasteiger partial charge in [-0.1, -0.05) is 19.9 Å². The van der Waals surface area contributed by atoms with Gasteiger partial charge in [-0.2, -0.15) is 0 Å². The third-order valence-electron chi connectivity index (χ3n) is 2.54. The molecule has 0 spiro atoms. The second-order valence-corrected chi connectivity index (χ2v) is 3.80. The van der Waals surface area contributed by atoms with Gasteiger partial charge in [0, 0.05) is 17.7 Å². The predicted molar refractivity (Wildman–Crippen MR) is 60.9 cm³/mol. The van der Waals surface area contributed by atoms with Crippen LogP contribution in [0, 0.1) is 12.8 Å². The van der Waals surface area contributed by atoms with Crippen LogP contribution in [-0.2, 0) is 4.79 Å². The fourth-order valence-electron chi connectivity index (χ4n) is 1.14. The number of amides is 1. The molecule has 3 nitrogen and oxygen atoms in total. The van der Waals surface area contributed by atoms with Crippen LogP contribution in [0.2, 0.25) is 0 Å². The van der Waals surface area contributed by atoms with E-state index in [0.29, 0.717) is 5.69 Å². The minimum absolute atomic E-state index is 0.00607. The van der Waals surface area contributed by atoms with E-state index < -0.39 is 0 Å². The van der Waals surface area contributed by atoms with Crippen LogP contribution >= 0.6 is 0 Å². The van der Waals surface area contributed by atoms with Crippen molar-refractivity contribution in [2.45, 2.75) is 27.2 Å². The standard InChI is InChI=1S/C12H17NO2/c1-4-8(2)12(15)13-10-6-5-9(3)11(14)7-10/h5-8,14H,4H2,1-3H3,(H,13,15)/t8-/m1/s1. The van der Waals surface area contributed by atoms with E-state index in [1.54, 1.807) is 18.2 Å². The van der Waals surface area contributed by atoms with E-state index in [4.69, 9.17) is 0 Å². The maximum absolute atomic E-state index is 11.5. The third kappa shape index (κ3) is 2.98. The van der Waals surface area contributed by atoms with Crippen molar-refractivity contribution >= 4 is 11.6 Å². The number of hydrogen-bond donors (Lipinski definition) is 2. The molecule has 0 aliphatic carbocycles. The summed E-state index contributed by atoms with van der Waals surface area (Å²) in [6, 6.07) is 5.13. The predicted octanol–water partition coefficient (Wildman–Crippen LogP) is 2.69. The van der Waals surface area contributed by atoms with Gasteiger partial charge in [0.15, 0.2) is 0 Å². The van der Waals surface area contributed by atoms with Gasteiger partial charge in [0.25, 0.3) is 0 Å². The Labute approximate surface area is 90.1 Å². The van der Waals surface area contributed by atoms with Crippen LogP contribution in [0.4, 0.5) is 5.69 Å². The molecule has 15 heavy (non-hydrogen) atoms. The molecule has 2 N–H and O–H groups in total. The van der Waals surface area contributed by atoms with E-state index >= 15 is 0 Å². The zero-order valence-electron chi connectivity index (χ0n) is 9.37. The van der Waals surface area contributed by atoms with Crippen LogP contribution in [0.5, 0.6) is 5.75 Å². The van der Waals surface area contributed by atoms with Crippen LogP contribution < -0.4 is 5.32 Å². The molecule has 3 heteroatoms. The maximum Gasteiger partial charge on any atom is 0.227 e. The molecule has 0 fully saturated rings. The normalized spacial score (nSPS) is 12.2. The number of aryl methyl sites for hydroxylation is 1. The molecule has 0 unspecified atom stereocenters. The number of phenols is 1. The van der Waals surface area contributed by atoms with Gasteiger partial charge in [0.2, 0.25) is 5.91 Å². The Hall–Kier alpha value is -1.51. The quantitative estimate of drug-likeness (QED) is 0.800. The van der Waals surface area contributed by atoms with Crippen LogP contribution in [0.3, 0.4) is 0 Å². The number of aromatic hydroxyl groups is 1. The first kappa shape index (κ1) is 11.6. The summed E-state index contributed by atoms with van der Waals surface area (Å²) >= 11 is 0. The molecule has 1 atom stereocenters. The van der Waals surface area contributed by atoms with Crippen molar-refractivity contribution in [1.29, 1.82) is 0 Å². The highest BCUT2D eigenvalue weighted by Gasteiger charge is 2.10. The summed E-state index contributed by atoms with van der Waals surface area (Å²) in [7, 11) is 0. The highest BCUT2D eigenvalue weighted by atomic mass is 16.3. The highest BCUT2D eigenvalue weighted by molar-refractivity contribution is 5.92. The minimum Gasteiger partial charge on any atom is -0.508 e. The summed E-state index contributed by atoms with van der Waals surface area (Å²) in [6.07, 6.45) is 0.809. The Balaban J connectivity index is 2.73. The molecule has 0 saturated carbocycles. The summed E-state index contributed by atoms with van der Waals surface area (Å²) in [6.45, 7) is 5.66. The van der Waals surface area contributed by atoms with Crippen molar-refractivity contribution in [2.75, 3.05) is 5.32 Å². The van der Waals surface area contributed by atoms with E-state index in [1.165, 1.54) is 0 Å². The molecule has 0 bridgehead atoms. The number of carbonyl (C=O) groups excluding carboxylic acids is 1. The van der Waals surface area contributed by atoms with Crippen LogP contribution in [-0.4, -0.2) is 11.0 Å². The first-order chi connectivity index (χ1) is 7.04. The molecule has 0 saturated heterocycles. The van der Waals surface area contributed by atoms with Gasteiger partial charge < -0.3 is 10.4 Å². The zero-order chi connectivity index (χ0) is 11.4. The van der Waals surface area contributed by atoms with Crippen molar-refractivity contribution in [2.24, 2.45) is 5.92 Å². The van der Waals surface area contributed by atoms with E-state index in [9.17, 15) is 9.90 Å². The molecule has 1 amide bonds. The topological polar surface area (TPSA) is 49.3 Å². The molecule has 0 heterocycles. The Bertz CT molecular complexity index is 361. The number of phenolic OH excluding ortho intramolecular Hbond substituents is 1. The largest absolute Gasteiger partial charge is 0.508 e. The smallest absolute Gasteiger partial charge is 0.227 e. The second-order valence-electron chi connectivity index (χ2n) is 3.80. The molecule has 0 aliphatic rings. The molecule has 0 aliphatic heterocycles. The summed E-state index contributed by atoms with van der Waals surface area (Å²) < 4.78 is 0. The molecule has 82 valence electrons. The number of benzene rings is 1. The van der Waals surface area contributed by atoms with E-state index in [0.717, 1.165) is 12.0 Å². The van der Waals surface area contributed by atoms with Gasteiger partial charge in [-0.15, -0.1) is 0 Å². The van der Waals surface area contributed by atoms with E-state index in [1.807, 2.05) is 20.8 Å². The van der Waals surface area contributed by atoms with Gasteiger partial charge in [0.1, 0.15) is 5.75 Å². The SMILES string of the molecule is CC[C@@H](C)C(=O)Nc1ccc(C)c(O)c1. The summed E-state index contributed by atoms with van der Waals surface area (Å²) in [5.41, 5.74) is 1.44. The first-order valence-electron chi connectivity index (χ1n) is 5.15. The molecule has 0 radical (unpaired) electrons. The van der Waals surface area contributed by atoms with E-state index in [2.05, 4.69) is 5.32 Å². The lowest BCUT2D eigenvalue weighted by molar-refractivity contribution is -0.119. The first-order valence-corrected chi connectivity index (χ1v) is 5.15. The minimum atomic E-state index is -0.0132. The fraction of sp³-hybridized carbons (Fsp3) is 0.417. The monoisotopic (exact) mass is 207 g/mol. The molecular formula is C12H17NO2. The van der Waals surface area contributed by atoms with Crippen molar-refractivity contribution in [3.63, 3.8) is 0 Å². The molecule has 1 aromatic carbocycles. The number of rotatable bonds is 3. The lowest BCUT2D eigenvalue weighted by atomic mass is 10.1. The number of hydrogen-bond acceptors (Lipinski definition) is 2. The number of anilines is 1. The lowest BCUT2D eigenvalue weighted by Crippen LogP contribution is -2.19. The molecule has 1 rings (SSSR count). The Morgan fingerprint density at radius 3 is 2.73 bits per heavy atom. The lowest BCUT2D eigenvalue weighted by Gasteiger charge is -2.10. The van der Waals surface area contributed by atoms with Crippen molar-refractivity contribution in [1.82, 2.24) is 0 Å². The maximum atomic E-state index is 11.5. The fourth-order valence-corrected chi connectivity index (χ4v) is 1.14. The van der Waals surface area contributed by atoms with Crippen molar-refractivity contribution in [3.8, 4) is 5.75 Å². The number of nitrogens with one attached hydrogen (secondary N) is 1. The Morgan fingerprint density at radius 1 is 1.53 bits per heavy atom. The summed E-state index contributed by atoms with van der Waals surface area (Å²) in [4.78, 5) is 11.5. The highest BCUT2D eigenvalue weighted by Crippen LogP contribution is 2.21. The van der Waals surface area contributed by atoms with Gasteiger partial charge >= 0.3 is 0 Å². The molecule has 1 aromatic rings. The van der Waals surface area contributed by atoms with Crippen LogP contribution in [0.1, 0.15) is 25.8 Å². The van der Waals surface area contributed by atoms with Gasteiger partial charge in [-0.05, 0) is 25.0 Å². The average molecular weight is 207 g/mol. The van der Waals surface area contributed by atoms with Crippen LogP contribution in [0.25, 0.3) is 0 Å². The number of carbonyl (C=O) groups is 1. The Kier molecular flexibility index (Phi) is 3.72. The Morgan fingerprint density at radius 2 is 2.20 bits per heavy atom. The second kappa shape index (κ2) is 4.82. The van der Waals surface area contributed by atoms with Gasteiger partial charge in [-0.25, -0.2) is 0 Å².